The van der Waals surface area contributed by atoms with Gasteiger partial charge in [-0.3, -0.25) is 0 Å². The van der Waals surface area contributed by atoms with Gasteiger partial charge in [0.15, 0.2) is 0 Å². The molecule has 0 aromatic heterocycles. The Morgan fingerprint density at radius 2 is 2.00 bits per heavy atom. The van der Waals surface area contributed by atoms with E-state index in [1.165, 1.54) is 24.8 Å². The number of rotatable bonds is 7. The lowest BCUT2D eigenvalue weighted by Gasteiger charge is -2.47. The second-order valence-electron chi connectivity index (χ2n) is 5.70. The van der Waals surface area contributed by atoms with Crippen molar-refractivity contribution in [3.63, 3.8) is 0 Å². The number of carbonyl (C=O) groups excluding carboxylic acids is 1. The summed E-state index contributed by atoms with van der Waals surface area (Å²) in [6.45, 7) is 5.81. The molecule has 0 radical (unpaired) electrons. The molecule has 1 atom stereocenters. The molecule has 1 saturated carbocycles. The lowest BCUT2D eigenvalue weighted by molar-refractivity contribution is 0.151. The van der Waals surface area contributed by atoms with Crippen LogP contribution < -0.4 is 10.6 Å². The highest BCUT2D eigenvalue weighted by Crippen LogP contribution is 2.46. The van der Waals surface area contributed by atoms with Crippen molar-refractivity contribution in [1.29, 1.82) is 0 Å². The van der Waals surface area contributed by atoms with E-state index in [-0.39, 0.29) is 11.5 Å². The second kappa shape index (κ2) is 7.46. The fraction of sp³-hybridized carbons (Fsp3) is 0.588. The molecule has 1 aliphatic rings. The Morgan fingerprint density at radius 3 is 2.57 bits per heavy atom. The van der Waals surface area contributed by atoms with E-state index in [0.717, 1.165) is 6.54 Å². The first-order chi connectivity index (χ1) is 10.2. The van der Waals surface area contributed by atoms with E-state index >= 15 is 0 Å². The summed E-state index contributed by atoms with van der Waals surface area (Å²) in [7, 11) is 0. The van der Waals surface area contributed by atoms with Crippen molar-refractivity contribution in [2.75, 3.05) is 19.7 Å². The second-order valence-corrected chi connectivity index (χ2v) is 5.70. The predicted molar refractivity (Wildman–Crippen MR) is 84.5 cm³/mol. The van der Waals surface area contributed by atoms with Gasteiger partial charge in [0, 0.05) is 24.5 Å². The van der Waals surface area contributed by atoms with Gasteiger partial charge in [-0.25, -0.2) is 4.79 Å². The molecule has 2 N–H and O–H groups in total. The highest BCUT2D eigenvalue weighted by molar-refractivity contribution is 5.66. The smallest absolute Gasteiger partial charge is 0.407 e. The largest absolute Gasteiger partial charge is 0.450 e. The van der Waals surface area contributed by atoms with E-state index in [1.807, 2.05) is 0 Å². The van der Waals surface area contributed by atoms with Crippen molar-refractivity contribution in [3.05, 3.63) is 35.9 Å². The third kappa shape index (κ3) is 3.76. The molecule has 116 valence electrons. The van der Waals surface area contributed by atoms with Gasteiger partial charge in [-0.15, -0.1) is 0 Å². The van der Waals surface area contributed by atoms with Crippen molar-refractivity contribution in [2.45, 2.75) is 44.6 Å². The minimum absolute atomic E-state index is 0.255. The van der Waals surface area contributed by atoms with Gasteiger partial charge < -0.3 is 15.4 Å². The van der Waals surface area contributed by atoms with Gasteiger partial charge in [0.1, 0.15) is 0 Å². The monoisotopic (exact) mass is 290 g/mol. The molecule has 1 unspecified atom stereocenters. The molecule has 0 spiro atoms. The lowest BCUT2D eigenvalue weighted by atomic mass is 9.60. The molecule has 1 aliphatic carbocycles. The molecule has 4 nitrogen and oxygen atoms in total. The normalized spacial score (nSPS) is 17.6. The molecular weight excluding hydrogens is 264 g/mol. The maximum atomic E-state index is 11.2. The van der Waals surface area contributed by atoms with Gasteiger partial charge in [0.25, 0.3) is 0 Å². The van der Waals surface area contributed by atoms with Gasteiger partial charge in [-0.2, -0.15) is 0 Å². The van der Waals surface area contributed by atoms with Crippen LogP contribution in [0.4, 0.5) is 4.79 Å². The number of hydrogen-bond acceptors (Lipinski definition) is 3. The van der Waals surface area contributed by atoms with Crippen molar-refractivity contribution in [1.82, 2.24) is 10.6 Å². The fourth-order valence-corrected chi connectivity index (χ4v) is 3.13. The fourth-order valence-electron chi connectivity index (χ4n) is 3.13. The number of hydrogen-bond donors (Lipinski definition) is 2. The van der Waals surface area contributed by atoms with Crippen molar-refractivity contribution >= 4 is 6.09 Å². The maximum Gasteiger partial charge on any atom is 0.407 e. The van der Waals surface area contributed by atoms with Crippen LogP contribution in [0.1, 0.15) is 38.7 Å². The van der Waals surface area contributed by atoms with Crippen LogP contribution in [0.5, 0.6) is 0 Å². The van der Waals surface area contributed by atoms with E-state index in [0.29, 0.717) is 19.2 Å². The Balaban J connectivity index is 1.82. The van der Waals surface area contributed by atoms with Crippen LogP contribution in [0.3, 0.4) is 0 Å². The molecule has 2 rings (SSSR count). The highest BCUT2D eigenvalue weighted by atomic mass is 16.5. The minimum atomic E-state index is -0.339. The SMILES string of the molecule is CCOC(=O)NCCNC(C)C1(c2ccccc2)CCC1. The Bertz CT molecular complexity index is 443. The summed E-state index contributed by atoms with van der Waals surface area (Å²) in [4.78, 5) is 11.2. The summed E-state index contributed by atoms with van der Waals surface area (Å²) in [5.41, 5.74) is 1.68. The molecule has 0 aliphatic heterocycles. The van der Waals surface area contributed by atoms with Crippen LogP contribution >= 0.6 is 0 Å². The number of amides is 1. The van der Waals surface area contributed by atoms with Gasteiger partial charge in [-0.05, 0) is 32.3 Å². The van der Waals surface area contributed by atoms with E-state index in [1.54, 1.807) is 6.92 Å². The van der Waals surface area contributed by atoms with Crippen molar-refractivity contribution < 1.29 is 9.53 Å². The lowest BCUT2D eigenvalue weighted by Crippen LogP contribution is -2.52. The standard InChI is InChI=1S/C17H26N2O2/c1-3-21-16(20)19-13-12-18-14(2)17(10-7-11-17)15-8-5-4-6-9-15/h4-6,8-9,14,18H,3,7,10-13H2,1-2H3,(H,19,20). The third-order valence-corrected chi connectivity index (χ3v) is 4.54. The summed E-state index contributed by atoms with van der Waals surface area (Å²) in [6, 6.07) is 11.2. The van der Waals surface area contributed by atoms with Crippen LogP contribution in [0, 0.1) is 0 Å². The molecule has 1 aromatic carbocycles. The van der Waals surface area contributed by atoms with Crippen LogP contribution in [0.15, 0.2) is 30.3 Å². The van der Waals surface area contributed by atoms with Crippen molar-refractivity contribution in [3.8, 4) is 0 Å². The number of alkyl carbamates (subject to hydrolysis) is 1. The van der Waals surface area contributed by atoms with Crippen LogP contribution in [-0.4, -0.2) is 31.8 Å². The quantitative estimate of drug-likeness (QED) is 0.759. The first-order valence-corrected chi connectivity index (χ1v) is 7.88. The molecular formula is C17H26N2O2. The molecule has 0 heterocycles. The van der Waals surface area contributed by atoms with Gasteiger partial charge in [0.2, 0.25) is 0 Å². The average molecular weight is 290 g/mol. The Kier molecular flexibility index (Phi) is 5.62. The van der Waals surface area contributed by atoms with E-state index in [4.69, 9.17) is 4.74 Å². The van der Waals surface area contributed by atoms with Crippen molar-refractivity contribution in [2.24, 2.45) is 0 Å². The Hall–Kier alpha value is -1.55. The minimum Gasteiger partial charge on any atom is -0.450 e. The zero-order valence-electron chi connectivity index (χ0n) is 13.0. The zero-order valence-corrected chi connectivity index (χ0v) is 13.0. The number of carbonyl (C=O) groups is 1. The molecule has 0 bridgehead atoms. The van der Waals surface area contributed by atoms with Gasteiger partial charge >= 0.3 is 6.09 Å². The van der Waals surface area contributed by atoms with Gasteiger partial charge in [-0.1, -0.05) is 36.8 Å². The van der Waals surface area contributed by atoms with Gasteiger partial charge in [0.05, 0.1) is 6.61 Å². The van der Waals surface area contributed by atoms with Crippen LogP contribution in [-0.2, 0) is 10.2 Å². The summed E-state index contributed by atoms with van der Waals surface area (Å²) >= 11 is 0. The summed E-state index contributed by atoms with van der Waals surface area (Å²) in [5.74, 6) is 0. The first kappa shape index (κ1) is 15.8. The Labute approximate surface area is 127 Å². The number of benzene rings is 1. The first-order valence-electron chi connectivity index (χ1n) is 7.88. The maximum absolute atomic E-state index is 11.2. The van der Waals surface area contributed by atoms with E-state index < -0.39 is 0 Å². The highest BCUT2D eigenvalue weighted by Gasteiger charge is 2.42. The number of nitrogens with one attached hydrogen (secondary N) is 2. The van der Waals surface area contributed by atoms with Crippen LogP contribution in [0.25, 0.3) is 0 Å². The molecule has 4 heteroatoms. The third-order valence-electron chi connectivity index (χ3n) is 4.54. The molecule has 0 saturated heterocycles. The zero-order chi connectivity index (χ0) is 15.1. The molecule has 1 amide bonds. The average Bonchev–Trinajstić information content (AvgIpc) is 2.44. The van der Waals surface area contributed by atoms with Crippen LogP contribution in [0.2, 0.25) is 0 Å². The summed E-state index contributed by atoms with van der Waals surface area (Å²) < 4.78 is 4.84. The molecule has 1 aromatic rings. The van der Waals surface area contributed by atoms with E-state index in [2.05, 4.69) is 47.9 Å². The summed E-state index contributed by atoms with van der Waals surface area (Å²) in [6.07, 6.45) is 3.42. The molecule has 21 heavy (non-hydrogen) atoms. The summed E-state index contributed by atoms with van der Waals surface area (Å²) in [5, 5.41) is 6.29. The predicted octanol–water partition coefficient (Wildman–Crippen LogP) is 2.83. The van der Waals surface area contributed by atoms with E-state index in [9.17, 15) is 4.79 Å². The topological polar surface area (TPSA) is 50.4 Å². The Morgan fingerprint density at radius 1 is 1.29 bits per heavy atom. The molecule has 1 fully saturated rings. The number of ether oxygens (including phenoxy) is 1.